The number of amides is 1. The molecule has 3 rings (SSSR count). The minimum Gasteiger partial charge on any atom is -0.491 e. The highest BCUT2D eigenvalue weighted by molar-refractivity contribution is 5.82. The molecule has 1 amide bonds. The van der Waals surface area contributed by atoms with Crippen molar-refractivity contribution in [3.05, 3.63) is 29.8 Å². The van der Waals surface area contributed by atoms with Crippen molar-refractivity contribution in [1.82, 2.24) is 15.5 Å². The average Bonchev–Trinajstić information content (AvgIpc) is 2.69. The summed E-state index contributed by atoms with van der Waals surface area (Å²) in [5.74, 6) is 1.06. The number of carbonyl (C=O) groups excluding carboxylic acids is 1. The van der Waals surface area contributed by atoms with Crippen LogP contribution in [0.5, 0.6) is 5.75 Å². The fourth-order valence-electron chi connectivity index (χ4n) is 2.56. The summed E-state index contributed by atoms with van der Waals surface area (Å²) < 4.78 is 5.69. The van der Waals surface area contributed by atoms with Gasteiger partial charge >= 0.3 is 0 Å². The predicted octanol–water partition coefficient (Wildman–Crippen LogP) is -0.0310. The molecule has 2 N–H and O–H groups in total. The lowest BCUT2D eigenvalue weighted by Gasteiger charge is -2.29. The second kappa shape index (κ2) is 5.59. The van der Waals surface area contributed by atoms with Gasteiger partial charge in [-0.3, -0.25) is 4.79 Å². The summed E-state index contributed by atoms with van der Waals surface area (Å²) in [6.45, 7) is 4.31. The third-order valence-corrected chi connectivity index (χ3v) is 3.60. The van der Waals surface area contributed by atoms with E-state index in [1.54, 1.807) is 0 Å². The number of benzene rings is 1. The van der Waals surface area contributed by atoms with Crippen molar-refractivity contribution in [1.29, 1.82) is 0 Å². The van der Waals surface area contributed by atoms with Crippen molar-refractivity contribution < 1.29 is 9.53 Å². The van der Waals surface area contributed by atoms with Gasteiger partial charge in [0.15, 0.2) is 0 Å². The van der Waals surface area contributed by atoms with Crippen LogP contribution >= 0.6 is 0 Å². The van der Waals surface area contributed by atoms with Gasteiger partial charge in [0, 0.05) is 31.7 Å². The van der Waals surface area contributed by atoms with E-state index in [1.165, 1.54) is 0 Å². The Hall–Kier alpha value is -1.59. The Morgan fingerprint density at radius 2 is 2.21 bits per heavy atom. The second-order valence-corrected chi connectivity index (χ2v) is 4.93. The van der Waals surface area contributed by atoms with E-state index in [9.17, 15) is 4.79 Å². The molecule has 19 heavy (non-hydrogen) atoms. The van der Waals surface area contributed by atoms with Gasteiger partial charge in [0.05, 0.1) is 12.6 Å². The maximum absolute atomic E-state index is 12.5. The normalized spacial score (nSPS) is 23.2. The summed E-state index contributed by atoms with van der Waals surface area (Å²) in [7, 11) is 0. The molecule has 102 valence electrons. The molecule has 1 aromatic rings. The van der Waals surface area contributed by atoms with Gasteiger partial charge in [-0.15, -0.1) is 0 Å². The van der Waals surface area contributed by atoms with Crippen LogP contribution < -0.4 is 15.4 Å². The minimum atomic E-state index is -0.112. The number of fused-ring (bicyclic) bond motifs is 1. The lowest BCUT2D eigenvalue weighted by atomic mass is 10.1. The van der Waals surface area contributed by atoms with Crippen molar-refractivity contribution in [3.63, 3.8) is 0 Å². The first-order valence-corrected chi connectivity index (χ1v) is 6.78. The number of rotatable bonds is 1. The van der Waals surface area contributed by atoms with Crippen LogP contribution in [0.25, 0.3) is 0 Å². The zero-order valence-electron chi connectivity index (χ0n) is 10.9. The topological polar surface area (TPSA) is 53.6 Å². The lowest BCUT2D eigenvalue weighted by Crippen LogP contribution is -2.56. The van der Waals surface area contributed by atoms with Crippen molar-refractivity contribution in [2.45, 2.75) is 12.6 Å². The molecule has 0 radical (unpaired) electrons. The Morgan fingerprint density at radius 1 is 1.32 bits per heavy atom. The van der Waals surface area contributed by atoms with Crippen LogP contribution in [0.15, 0.2) is 24.3 Å². The maximum atomic E-state index is 12.5. The van der Waals surface area contributed by atoms with Crippen LogP contribution in [0, 0.1) is 0 Å². The van der Waals surface area contributed by atoms with Gasteiger partial charge in [0.1, 0.15) is 12.4 Å². The number of hydrogen-bond donors (Lipinski definition) is 2. The van der Waals surface area contributed by atoms with E-state index in [-0.39, 0.29) is 11.9 Å². The zero-order valence-corrected chi connectivity index (χ0v) is 10.9. The van der Waals surface area contributed by atoms with E-state index in [4.69, 9.17) is 4.74 Å². The standard InChI is InChI=1S/C14H19N3O2/c18-14(12-9-15-5-6-16-12)17-7-8-19-13-4-2-1-3-11(13)10-17/h1-4,12,15-16H,5-10H2. The van der Waals surface area contributed by atoms with Crippen LogP contribution in [-0.2, 0) is 11.3 Å². The van der Waals surface area contributed by atoms with Gasteiger partial charge in [-0.2, -0.15) is 0 Å². The van der Waals surface area contributed by atoms with Crippen LogP contribution in [-0.4, -0.2) is 49.6 Å². The smallest absolute Gasteiger partial charge is 0.241 e. The fraction of sp³-hybridized carbons (Fsp3) is 0.500. The first-order chi connectivity index (χ1) is 9.34. The van der Waals surface area contributed by atoms with Crippen molar-refractivity contribution in [3.8, 4) is 5.75 Å². The van der Waals surface area contributed by atoms with Gasteiger partial charge in [0.2, 0.25) is 5.91 Å². The number of hydrogen-bond acceptors (Lipinski definition) is 4. The van der Waals surface area contributed by atoms with Crippen molar-refractivity contribution in [2.75, 3.05) is 32.8 Å². The summed E-state index contributed by atoms with van der Waals surface area (Å²) in [5.41, 5.74) is 1.08. The van der Waals surface area contributed by atoms with Gasteiger partial charge in [-0.25, -0.2) is 0 Å². The monoisotopic (exact) mass is 261 g/mol. The van der Waals surface area contributed by atoms with E-state index >= 15 is 0 Å². The molecule has 1 atom stereocenters. The molecule has 1 saturated heterocycles. The summed E-state index contributed by atoms with van der Waals surface area (Å²) in [6, 6.07) is 7.82. The average molecular weight is 261 g/mol. The van der Waals surface area contributed by atoms with Gasteiger partial charge < -0.3 is 20.3 Å². The van der Waals surface area contributed by atoms with Gasteiger partial charge in [0.25, 0.3) is 0 Å². The Kier molecular flexibility index (Phi) is 3.66. The number of carbonyl (C=O) groups is 1. The molecule has 2 heterocycles. The molecule has 0 spiro atoms. The highest BCUT2D eigenvalue weighted by atomic mass is 16.5. The van der Waals surface area contributed by atoms with Crippen LogP contribution in [0.4, 0.5) is 0 Å². The van der Waals surface area contributed by atoms with Crippen LogP contribution in [0.3, 0.4) is 0 Å². The first kappa shape index (κ1) is 12.4. The fourth-order valence-corrected chi connectivity index (χ4v) is 2.56. The van der Waals surface area contributed by atoms with Gasteiger partial charge in [-0.05, 0) is 6.07 Å². The molecular formula is C14H19N3O2. The zero-order chi connectivity index (χ0) is 13.1. The second-order valence-electron chi connectivity index (χ2n) is 4.93. The molecule has 2 aliphatic heterocycles. The van der Waals surface area contributed by atoms with E-state index in [0.29, 0.717) is 26.2 Å². The number of ether oxygens (including phenoxy) is 1. The third-order valence-electron chi connectivity index (χ3n) is 3.60. The molecule has 1 fully saturated rings. The number of nitrogens with one attached hydrogen (secondary N) is 2. The van der Waals surface area contributed by atoms with Crippen LogP contribution in [0.1, 0.15) is 5.56 Å². The summed E-state index contributed by atoms with van der Waals surface area (Å²) >= 11 is 0. The molecule has 1 unspecified atom stereocenters. The molecular weight excluding hydrogens is 242 g/mol. The minimum absolute atomic E-state index is 0.112. The highest BCUT2D eigenvalue weighted by Gasteiger charge is 2.27. The third kappa shape index (κ3) is 2.72. The molecule has 2 aliphatic rings. The Bertz CT molecular complexity index is 458. The van der Waals surface area contributed by atoms with Crippen molar-refractivity contribution in [2.24, 2.45) is 0 Å². The molecule has 0 bridgehead atoms. The Balaban J connectivity index is 1.73. The number of nitrogens with zero attached hydrogens (tertiary/aromatic N) is 1. The van der Waals surface area contributed by atoms with Crippen LogP contribution in [0.2, 0.25) is 0 Å². The number of para-hydroxylation sites is 1. The first-order valence-electron chi connectivity index (χ1n) is 6.78. The highest BCUT2D eigenvalue weighted by Crippen LogP contribution is 2.22. The number of piperazine rings is 1. The van der Waals surface area contributed by atoms with E-state index < -0.39 is 0 Å². The SMILES string of the molecule is O=C(C1CNCCN1)N1CCOc2ccccc2C1. The summed E-state index contributed by atoms with van der Waals surface area (Å²) in [4.78, 5) is 14.4. The Morgan fingerprint density at radius 3 is 3.05 bits per heavy atom. The largest absolute Gasteiger partial charge is 0.491 e. The van der Waals surface area contributed by atoms with Gasteiger partial charge in [-0.1, -0.05) is 18.2 Å². The van der Waals surface area contributed by atoms with E-state index in [1.807, 2.05) is 29.2 Å². The molecule has 0 aromatic heterocycles. The lowest BCUT2D eigenvalue weighted by molar-refractivity contribution is -0.134. The quantitative estimate of drug-likeness (QED) is 0.745. The van der Waals surface area contributed by atoms with Crippen molar-refractivity contribution >= 4 is 5.91 Å². The summed E-state index contributed by atoms with van der Waals surface area (Å²) in [6.07, 6.45) is 0. The molecule has 0 aliphatic carbocycles. The van der Waals surface area contributed by atoms with E-state index in [0.717, 1.165) is 24.4 Å². The summed E-state index contributed by atoms with van der Waals surface area (Å²) in [5, 5.41) is 6.51. The Labute approximate surface area is 112 Å². The molecule has 1 aromatic carbocycles. The molecule has 0 saturated carbocycles. The maximum Gasteiger partial charge on any atom is 0.241 e. The predicted molar refractivity (Wildman–Crippen MR) is 72.0 cm³/mol. The molecule has 5 nitrogen and oxygen atoms in total. The molecule has 5 heteroatoms. The van der Waals surface area contributed by atoms with E-state index in [2.05, 4.69) is 10.6 Å².